The molecule has 0 aromatic heterocycles. The van der Waals surface area contributed by atoms with Gasteiger partial charge in [0.25, 0.3) is 0 Å². The quantitative estimate of drug-likeness (QED) is 0.209. The molecule has 159 valence electrons. The first-order chi connectivity index (χ1) is 14.7. The van der Waals surface area contributed by atoms with Crippen molar-refractivity contribution in [3.05, 3.63) is 84.9 Å². The van der Waals surface area contributed by atoms with E-state index in [2.05, 4.69) is 98.8 Å². The van der Waals surface area contributed by atoms with Crippen LogP contribution in [0.15, 0.2) is 84.9 Å². The number of rotatable bonds is 6. The molecule has 0 bridgehead atoms. The molecule has 1 radical (unpaired) electrons. The van der Waals surface area contributed by atoms with Gasteiger partial charge in [-0.05, 0) is 72.6 Å². The molecule has 4 aromatic carbocycles. The molecule has 0 aliphatic heterocycles. The Hall–Kier alpha value is -2.46. The molecule has 4 aromatic rings. The van der Waals surface area contributed by atoms with Crippen molar-refractivity contribution in [1.29, 1.82) is 0 Å². The Morgan fingerprint density at radius 1 is 0.581 bits per heavy atom. The first kappa shape index (κ1) is 21.8. The molecule has 3 heteroatoms. The van der Waals surface area contributed by atoms with Gasteiger partial charge >= 0.3 is 0 Å². The summed E-state index contributed by atoms with van der Waals surface area (Å²) in [6, 6.07) is 31.7. The van der Waals surface area contributed by atoms with Gasteiger partial charge in [0.15, 0.2) is 0 Å². The van der Waals surface area contributed by atoms with Crippen molar-refractivity contribution >= 4 is 40.7 Å². The van der Waals surface area contributed by atoms with Gasteiger partial charge < -0.3 is 0 Å². The van der Waals surface area contributed by atoms with Gasteiger partial charge in [0.1, 0.15) is 8.80 Å². The van der Waals surface area contributed by atoms with Crippen LogP contribution < -0.4 is 10.4 Å². The third-order valence-corrected chi connectivity index (χ3v) is 8.73. The predicted molar refractivity (Wildman–Crippen MR) is 134 cm³/mol. The zero-order valence-electron chi connectivity index (χ0n) is 19.1. The van der Waals surface area contributed by atoms with Crippen molar-refractivity contribution in [3.63, 3.8) is 0 Å². The van der Waals surface area contributed by atoms with E-state index in [0.717, 1.165) is 6.04 Å². The fourth-order valence-electron chi connectivity index (χ4n) is 4.01. The van der Waals surface area contributed by atoms with Crippen LogP contribution in [0.1, 0.15) is 34.6 Å². The second kappa shape index (κ2) is 8.58. The van der Waals surface area contributed by atoms with E-state index in [4.69, 9.17) is 9.78 Å². The number of fused-ring (bicyclic) bond motifs is 2. The van der Waals surface area contributed by atoms with Crippen LogP contribution in [0.5, 0.6) is 0 Å². The second-order valence-electron chi connectivity index (χ2n) is 9.75. The summed E-state index contributed by atoms with van der Waals surface area (Å²) in [5.74, 6) is 0. The van der Waals surface area contributed by atoms with Gasteiger partial charge in [-0.3, -0.25) is 0 Å². The maximum atomic E-state index is 6.02. The maximum Gasteiger partial charge on any atom is 0.126 e. The third-order valence-electron chi connectivity index (χ3n) is 5.35. The average Bonchev–Trinajstić information content (AvgIpc) is 2.75. The summed E-state index contributed by atoms with van der Waals surface area (Å²) in [6.45, 7) is 10.3. The molecule has 31 heavy (non-hydrogen) atoms. The van der Waals surface area contributed by atoms with Crippen LogP contribution in [0.25, 0.3) is 21.5 Å². The van der Waals surface area contributed by atoms with Crippen LogP contribution in [-0.2, 0) is 9.78 Å². The normalized spacial score (nSPS) is 12.7. The lowest BCUT2D eigenvalue weighted by Crippen LogP contribution is -2.48. The molecule has 0 atom stereocenters. The summed E-state index contributed by atoms with van der Waals surface area (Å²) in [5.41, 5.74) is -0.765. The zero-order chi connectivity index (χ0) is 22.1. The largest absolute Gasteiger partial charge is 0.230 e. The van der Waals surface area contributed by atoms with Gasteiger partial charge in [0.2, 0.25) is 0 Å². The molecular formula is C28H31O2Si. The lowest BCUT2D eigenvalue weighted by Gasteiger charge is -2.32. The topological polar surface area (TPSA) is 18.5 Å². The first-order valence-corrected chi connectivity index (χ1v) is 12.6. The molecule has 0 amide bonds. The Labute approximate surface area is 187 Å². The monoisotopic (exact) mass is 427 g/mol. The lowest BCUT2D eigenvalue weighted by molar-refractivity contribution is -0.393. The Balaban J connectivity index is 1.85. The van der Waals surface area contributed by atoms with E-state index in [9.17, 15) is 0 Å². The second-order valence-corrected chi connectivity index (χ2v) is 12.1. The summed E-state index contributed by atoms with van der Waals surface area (Å²) in [7, 11) is -1.18. The highest BCUT2D eigenvalue weighted by Crippen LogP contribution is 2.25. The highest BCUT2D eigenvalue weighted by Gasteiger charge is 2.32. The van der Waals surface area contributed by atoms with Gasteiger partial charge in [-0.15, -0.1) is 0 Å². The summed E-state index contributed by atoms with van der Waals surface area (Å²) >= 11 is 0. The van der Waals surface area contributed by atoms with Gasteiger partial charge in [0.05, 0.1) is 11.2 Å². The molecule has 2 nitrogen and oxygen atoms in total. The van der Waals surface area contributed by atoms with Crippen LogP contribution in [0.2, 0.25) is 6.04 Å². The lowest BCUT2D eigenvalue weighted by atomic mass is 10.1. The van der Waals surface area contributed by atoms with Gasteiger partial charge in [-0.2, -0.15) is 0 Å². The number of hydrogen-bond donors (Lipinski definition) is 0. The van der Waals surface area contributed by atoms with Crippen molar-refractivity contribution in [1.82, 2.24) is 0 Å². The molecule has 4 rings (SSSR count). The molecule has 0 heterocycles. The Kier molecular flexibility index (Phi) is 6.02. The SMILES string of the molecule is CC(C)(C)OOC(C)(C)C[Si](c1cccc2ccccc12)c1cccc2ccccc12. The Morgan fingerprint density at radius 3 is 1.52 bits per heavy atom. The smallest absolute Gasteiger partial charge is 0.126 e. The summed E-state index contributed by atoms with van der Waals surface area (Å²) in [5, 5.41) is 8.08. The van der Waals surface area contributed by atoms with E-state index in [1.54, 1.807) is 0 Å². The van der Waals surface area contributed by atoms with Crippen molar-refractivity contribution in [2.24, 2.45) is 0 Å². The summed E-state index contributed by atoms with van der Waals surface area (Å²) < 4.78 is 0. The zero-order valence-corrected chi connectivity index (χ0v) is 20.1. The van der Waals surface area contributed by atoms with Crippen LogP contribution in [0.3, 0.4) is 0 Å². The van der Waals surface area contributed by atoms with Crippen LogP contribution in [0.4, 0.5) is 0 Å². The van der Waals surface area contributed by atoms with E-state index in [-0.39, 0.29) is 5.60 Å². The minimum Gasteiger partial charge on any atom is -0.230 e. The van der Waals surface area contributed by atoms with Gasteiger partial charge in [-0.25, -0.2) is 9.78 Å². The van der Waals surface area contributed by atoms with Gasteiger partial charge in [0, 0.05) is 0 Å². The molecule has 0 unspecified atom stereocenters. The third kappa shape index (κ3) is 5.07. The van der Waals surface area contributed by atoms with Crippen molar-refractivity contribution < 1.29 is 9.78 Å². The van der Waals surface area contributed by atoms with E-state index < -0.39 is 14.4 Å². The molecule has 0 N–H and O–H groups in total. The molecule has 0 saturated heterocycles. The van der Waals surface area contributed by atoms with Crippen molar-refractivity contribution in [2.45, 2.75) is 51.9 Å². The number of benzene rings is 4. The van der Waals surface area contributed by atoms with E-state index in [1.165, 1.54) is 31.9 Å². The summed E-state index contributed by atoms with van der Waals surface area (Å²) in [4.78, 5) is 11.8. The van der Waals surface area contributed by atoms with E-state index >= 15 is 0 Å². The van der Waals surface area contributed by atoms with Crippen LogP contribution in [-0.4, -0.2) is 20.0 Å². The number of hydrogen-bond acceptors (Lipinski definition) is 2. The fourth-order valence-corrected chi connectivity index (χ4v) is 7.29. The fraction of sp³-hybridized carbons (Fsp3) is 0.286. The van der Waals surface area contributed by atoms with E-state index in [0.29, 0.717) is 0 Å². The summed E-state index contributed by atoms with van der Waals surface area (Å²) in [6.07, 6.45) is 0. The highest BCUT2D eigenvalue weighted by molar-refractivity contribution is 6.88. The highest BCUT2D eigenvalue weighted by atomic mass is 28.3. The minimum absolute atomic E-state index is 0.344. The standard InChI is InChI=1S/C28H31O2Si/c1-27(2,3)29-30-28(4,5)20-31(25-18-10-14-21-12-6-8-16-23(21)25)26-19-11-15-22-13-7-9-17-24(22)26/h6-19H,20H2,1-5H3. The van der Waals surface area contributed by atoms with Crippen LogP contribution >= 0.6 is 0 Å². The molecule has 0 spiro atoms. The predicted octanol–water partition coefficient (Wildman–Crippen LogP) is 6.13. The van der Waals surface area contributed by atoms with E-state index in [1.807, 2.05) is 20.8 Å². The van der Waals surface area contributed by atoms with Gasteiger partial charge in [-0.1, -0.05) is 84.9 Å². The minimum atomic E-state index is -1.18. The molecule has 0 aliphatic rings. The van der Waals surface area contributed by atoms with Crippen molar-refractivity contribution in [2.75, 3.05) is 0 Å². The maximum absolute atomic E-state index is 6.02. The molecule has 0 saturated carbocycles. The molecule has 0 fully saturated rings. The Morgan fingerprint density at radius 2 is 1.03 bits per heavy atom. The average molecular weight is 428 g/mol. The van der Waals surface area contributed by atoms with Crippen molar-refractivity contribution in [3.8, 4) is 0 Å². The Bertz CT molecular complexity index is 1100. The first-order valence-electron chi connectivity index (χ1n) is 10.9. The molecule has 0 aliphatic carbocycles. The molecular weight excluding hydrogens is 396 g/mol. The van der Waals surface area contributed by atoms with Crippen LogP contribution in [0, 0.1) is 0 Å².